The second-order valence-electron chi connectivity index (χ2n) is 4.30. The maximum atomic E-state index is 6.21. The van der Waals surface area contributed by atoms with Gasteiger partial charge in [0.2, 0.25) is 0 Å². The molecular weight excluding hydrogens is 281 g/mol. The van der Waals surface area contributed by atoms with Gasteiger partial charge in [-0.15, -0.1) is 0 Å². The molecule has 0 saturated carbocycles. The van der Waals surface area contributed by atoms with Gasteiger partial charge < -0.3 is 10.5 Å². The average molecular weight is 296 g/mol. The Labute approximate surface area is 123 Å². The van der Waals surface area contributed by atoms with Crippen molar-refractivity contribution < 1.29 is 4.74 Å². The fourth-order valence-corrected chi connectivity index (χ4v) is 2.33. The van der Waals surface area contributed by atoms with E-state index in [1.807, 2.05) is 36.4 Å². The fraction of sp³-hybridized carbons (Fsp3) is 0.200. The molecule has 0 heterocycles. The molecule has 0 amide bonds. The first-order valence-electron chi connectivity index (χ1n) is 5.94. The van der Waals surface area contributed by atoms with Gasteiger partial charge in [0.15, 0.2) is 0 Å². The Hall–Kier alpha value is -1.22. The Balaban J connectivity index is 2.20. The number of methoxy groups -OCH3 is 1. The third kappa shape index (κ3) is 3.41. The van der Waals surface area contributed by atoms with Crippen LogP contribution in [-0.2, 0) is 6.42 Å². The Kier molecular flexibility index (Phi) is 4.70. The van der Waals surface area contributed by atoms with E-state index in [2.05, 4.69) is 0 Å². The highest BCUT2D eigenvalue weighted by atomic mass is 35.5. The Morgan fingerprint density at radius 1 is 1.11 bits per heavy atom. The molecule has 0 bridgehead atoms. The molecular formula is C15H15Cl2NO. The third-order valence-corrected chi connectivity index (χ3v) is 3.68. The fourth-order valence-electron chi connectivity index (χ4n) is 1.93. The Morgan fingerprint density at radius 2 is 1.84 bits per heavy atom. The molecule has 100 valence electrons. The third-order valence-electron chi connectivity index (χ3n) is 3.00. The van der Waals surface area contributed by atoms with Crippen molar-refractivity contribution in [3.05, 3.63) is 63.6 Å². The SMILES string of the molecule is COc1cc(C(N)Cc2ccccc2Cl)ccc1Cl. The van der Waals surface area contributed by atoms with Crippen molar-refractivity contribution in [3.8, 4) is 5.75 Å². The summed E-state index contributed by atoms with van der Waals surface area (Å²) in [6.45, 7) is 0. The average Bonchev–Trinajstić information content (AvgIpc) is 2.42. The molecule has 0 aliphatic heterocycles. The van der Waals surface area contributed by atoms with Crippen molar-refractivity contribution >= 4 is 23.2 Å². The number of ether oxygens (including phenoxy) is 1. The van der Waals surface area contributed by atoms with E-state index >= 15 is 0 Å². The number of hydrogen-bond donors (Lipinski definition) is 1. The summed E-state index contributed by atoms with van der Waals surface area (Å²) in [7, 11) is 1.59. The van der Waals surface area contributed by atoms with Crippen LogP contribution < -0.4 is 10.5 Å². The quantitative estimate of drug-likeness (QED) is 0.915. The summed E-state index contributed by atoms with van der Waals surface area (Å²) in [5, 5.41) is 1.31. The summed E-state index contributed by atoms with van der Waals surface area (Å²) < 4.78 is 5.20. The van der Waals surface area contributed by atoms with Gasteiger partial charge in [0, 0.05) is 11.1 Å². The van der Waals surface area contributed by atoms with Crippen LogP contribution in [0.3, 0.4) is 0 Å². The normalized spacial score (nSPS) is 12.2. The lowest BCUT2D eigenvalue weighted by atomic mass is 9.99. The second kappa shape index (κ2) is 6.29. The minimum Gasteiger partial charge on any atom is -0.495 e. The Morgan fingerprint density at radius 3 is 2.53 bits per heavy atom. The van der Waals surface area contributed by atoms with Crippen LogP contribution in [0, 0.1) is 0 Å². The van der Waals surface area contributed by atoms with Gasteiger partial charge in [-0.2, -0.15) is 0 Å². The summed E-state index contributed by atoms with van der Waals surface area (Å²) in [6, 6.07) is 13.1. The summed E-state index contributed by atoms with van der Waals surface area (Å²) in [5.41, 5.74) is 8.22. The Bertz CT molecular complexity index is 572. The van der Waals surface area contributed by atoms with Gasteiger partial charge in [0.1, 0.15) is 5.75 Å². The van der Waals surface area contributed by atoms with E-state index in [0.717, 1.165) is 16.1 Å². The highest BCUT2D eigenvalue weighted by Gasteiger charge is 2.11. The zero-order valence-corrected chi connectivity index (χ0v) is 12.1. The molecule has 0 aromatic heterocycles. The molecule has 0 aliphatic carbocycles. The first-order valence-corrected chi connectivity index (χ1v) is 6.70. The van der Waals surface area contributed by atoms with Crippen LogP contribution in [0.4, 0.5) is 0 Å². The number of nitrogens with two attached hydrogens (primary N) is 1. The smallest absolute Gasteiger partial charge is 0.137 e. The molecule has 2 N–H and O–H groups in total. The van der Waals surface area contributed by atoms with Crippen LogP contribution in [0.25, 0.3) is 0 Å². The van der Waals surface area contributed by atoms with Gasteiger partial charge in [-0.3, -0.25) is 0 Å². The molecule has 0 aliphatic rings. The summed E-state index contributed by atoms with van der Waals surface area (Å²) in [6.07, 6.45) is 0.671. The number of benzene rings is 2. The maximum absolute atomic E-state index is 6.21. The van der Waals surface area contributed by atoms with E-state index in [4.69, 9.17) is 33.7 Å². The molecule has 2 aromatic carbocycles. The zero-order valence-electron chi connectivity index (χ0n) is 10.6. The molecule has 4 heteroatoms. The number of rotatable bonds is 4. The summed E-state index contributed by atoms with van der Waals surface area (Å²) >= 11 is 12.1. The number of halogens is 2. The van der Waals surface area contributed by atoms with E-state index in [0.29, 0.717) is 17.2 Å². The van der Waals surface area contributed by atoms with Crippen LogP contribution in [0.1, 0.15) is 17.2 Å². The lowest BCUT2D eigenvalue weighted by Gasteiger charge is -2.14. The lowest BCUT2D eigenvalue weighted by Crippen LogP contribution is -2.13. The van der Waals surface area contributed by atoms with Crippen LogP contribution in [-0.4, -0.2) is 7.11 Å². The molecule has 2 rings (SSSR count). The summed E-state index contributed by atoms with van der Waals surface area (Å²) in [5.74, 6) is 0.633. The monoisotopic (exact) mass is 295 g/mol. The van der Waals surface area contributed by atoms with Crippen LogP contribution in [0.5, 0.6) is 5.75 Å². The molecule has 0 radical (unpaired) electrons. The van der Waals surface area contributed by atoms with Crippen LogP contribution >= 0.6 is 23.2 Å². The first kappa shape index (κ1) is 14.2. The van der Waals surface area contributed by atoms with Crippen molar-refractivity contribution in [2.45, 2.75) is 12.5 Å². The molecule has 1 atom stereocenters. The predicted octanol–water partition coefficient (Wildman–Crippen LogP) is 4.24. The largest absolute Gasteiger partial charge is 0.495 e. The number of hydrogen-bond acceptors (Lipinski definition) is 2. The van der Waals surface area contributed by atoms with Gasteiger partial charge in [-0.25, -0.2) is 0 Å². The minimum atomic E-state index is -0.147. The molecule has 0 fully saturated rings. The highest BCUT2D eigenvalue weighted by Crippen LogP contribution is 2.29. The van der Waals surface area contributed by atoms with Crippen LogP contribution in [0.2, 0.25) is 10.0 Å². The molecule has 1 unspecified atom stereocenters. The first-order chi connectivity index (χ1) is 9.11. The lowest BCUT2D eigenvalue weighted by molar-refractivity contribution is 0.414. The van der Waals surface area contributed by atoms with Crippen molar-refractivity contribution in [2.24, 2.45) is 5.73 Å². The zero-order chi connectivity index (χ0) is 13.8. The van der Waals surface area contributed by atoms with Crippen molar-refractivity contribution in [3.63, 3.8) is 0 Å². The highest BCUT2D eigenvalue weighted by molar-refractivity contribution is 6.32. The molecule has 0 spiro atoms. The molecule has 0 saturated heterocycles. The maximum Gasteiger partial charge on any atom is 0.137 e. The minimum absolute atomic E-state index is 0.147. The van der Waals surface area contributed by atoms with E-state index in [1.54, 1.807) is 13.2 Å². The van der Waals surface area contributed by atoms with Crippen LogP contribution in [0.15, 0.2) is 42.5 Å². The second-order valence-corrected chi connectivity index (χ2v) is 5.11. The molecule has 19 heavy (non-hydrogen) atoms. The van der Waals surface area contributed by atoms with Gasteiger partial charge in [0.05, 0.1) is 12.1 Å². The summed E-state index contributed by atoms with van der Waals surface area (Å²) in [4.78, 5) is 0. The molecule has 2 aromatic rings. The van der Waals surface area contributed by atoms with E-state index in [1.165, 1.54) is 0 Å². The van der Waals surface area contributed by atoms with Gasteiger partial charge in [0.25, 0.3) is 0 Å². The van der Waals surface area contributed by atoms with E-state index in [-0.39, 0.29) is 6.04 Å². The standard InChI is InChI=1S/C15H15Cl2NO/c1-19-15-9-11(6-7-13(15)17)14(18)8-10-4-2-3-5-12(10)16/h2-7,9,14H,8,18H2,1H3. The van der Waals surface area contributed by atoms with Gasteiger partial charge in [-0.05, 0) is 35.7 Å². The van der Waals surface area contributed by atoms with E-state index < -0.39 is 0 Å². The predicted molar refractivity (Wildman–Crippen MR) is 80.1 cm³/mol. The molecule has 2 nitrogen and oxygen atoms in total. The van der Waals surface area contributed by atoms with Crippen molar-refractivity contribution in [1.82, 2.24) is 0 Å². The topological polar surface area (TPSA) is 35.2 Å². The van der Waals surface area contributed by atoms with Gasteiger partial charge in [-0.1, -0.05) is 47.5 Å². The van der Waals surface area contributed by atoms with E-state index in [9.17, 15) is 0 Å². The van der Waals surface area contributed by atoms with Crippen molar-refractivity contribution in [2.75, 3.05) is 7.11 Å². The van der Waals surface area contributed by atoms with Crippen molar-refractivity contribution in [1.29, 1.82) is 0 Å². The van der Waals surface area contributed by atoms with Gasteiger partial charge >= 0.3 is 0 Å².